The lowest BCUT2D eigenvalue weighted by Crippen LogP contribution is -2.62. The van der Waals surface area contributed by atoms with Crippen LogP contribution in [0.1, 0.15) is 50.8 Å². The van der Waals surface area contributed by atoms with E-state index < -0.39 is 57.9 Å². The largest absolute Gasteiger partial charge is 0.508 e. The van der Waals surface area contributed by atoms with Crippen molar-refractivity contribution in [2.45, 2.75) is 52.7 Å². The standard InChI is InChI=1S/C27H34N2O7/c1-5-29(6-2)11-13-7-8-17(30)20-15(13)9-14-10-16-18(12(3)4)22(31)21(26(28)35)25(34)27(16,36)24(33)19(14)23(20)32/h7-8,12,14,16,18,30,32,34,36H,5-6,9-11H2,1-4H3,(H2,28,35)/t14?,16?,18-,27+/m1/s1. The lowest BCUT2D eigenvalue weighted by molar-refractivity contribution is -0.155. The van der Waals surface area contributed by atoms with Gasteiger partial charge >= 0.3 is 0 Å². The number of benzene rings is 1. The first-order valence-corrected chi connectivity index (χ1v) is 12.4. The third-order valence-corrected chi connectivity index (χ3v) is 8.24. The molecular formula is C27H34N2O7. The normalized spacial score (nSPS) is 27.9. The summed E-state index contributed by atoms with van der Waals surface area (Å²) in [5.74, 6) is -7.45. The van der Waals surface area contributed by atoms with Gasteiger partial charge < -0.3 is 26.2 Å². The second-order valence-electron chi connectivity index (χ2n) is 10.4. The highest BCUT2D eigenvalue weighted by molar-refractivity contribution is 6.23. The fourth-order valence-electron chi connectivity index (χ4n) is 6.39. The Kier molecular flexibility index (Phi) is 6.51. The number of Topliss-reactive ketones (excluding diaryl/α,β-unsaturated/α-hetero) is 2. The molecule has 0 spiro atoms. The Bertz CT molecular complexity index is 1210. The zero-order valence-corrected chi connectivity index (χ0v) is 21.0. The lowest BCUT2D eigenvalue weighted by atomic mass is 9.54. The second kappa shape index (κ2) is 9.05. The van der Waals surface area contributed by atoms with Crippen molar-refractivity contribution in [1.29, 1.82) is 0 Å². The number of nitrogens with zero attached hydrogens (tertiary/aromatic N) is 1. The van der Waals surface area contributed by atoms with Gasteiger partial charge in [-0.15, -0.1) is 0 Å². The van der Waals surface area contributed by atoms with Gasteiger partial charge in [0, 0.05) is 24.0 Å². The number of aliphatic hydroxyl groups excluding tert-OH is 2. The van der Waals surface area contributed by atoms with Gasteiger partial charge in [-0.25, -0.2) is 0 Å². The number of hydrogen-bond donors (Lipinski definition) is 5. The first kappa shape index (κ1) is 25.9. The predicted octanol–water partition coefficient (Wildman–Crippen LogP) is 2.15. The van der Waals surface area contributed by atoms with E-state index in [9.17, 15) is 34.8 Å². The van der Waals surface area contributed by atoms with Crippen LogP contribution in [0, 0.1) is 23.7 Å². The van der Waals surface area contributed by atoms with Crippen molar-refractivity contribution in [2.75, 3.05) is 13.1 Å². The molecule has 0 radical (unpaired) electrons. The van der Waals surface area contributed by atoms with Crippen LogP contribution >= 0.6 is 0 Å². The number of amides is 1. The molecule has 1 saturated carbocycles. The number of phenolic OH excluding ortho intramolecular Hbond substituents is 1. The number of carbonyl (C=O) groups excluding carboxylic acids is 3. The van der Waals surface area contributed by atoms with E-state index >= 15 is 0 Å². The van der Waals surface area contributed by atoms with Crippen LogP contribution in [-0.4, -0.2) is 61.5 Å². The fourth-order valence-corrected chi connectivity index (χ4v) is 6.39. The molecule has 4 atom stereocenters. The number of phenols is 1. The van der Waals surface area contributed by atoms with Crippen molar-refractivity contribution in [3.05, 3.63) is 45.7 Å². The van der Waals surface area contributed by atoms with E-state index in [4.69, 9.17) is 5.73 Å². The fraction of sp³-hybridized carbons (Fsp3) is 0.519. The average molecular weight is 499 g/mol. The summed E-state index contributed by atoms with van der Waals surface area (Å²) in [5, 5.41) is 44.5. The highest BCUT2D eigenvalue weighted by Gasteiger charge is 2.64. The van der Waals surface area contributed by atoms with Gasteiger partial charge in [0.15, 0.2) is 11.4 Å². The Morgan fingerprint density at radius 2 is 1.81 bits per heavy atom. The number of nitrogens with two attached hydrogens (primary N) is 1. The maximum Gasteiger partial charge on any atom is 0.255 e. The molecule has 1 amide bonds. The summed E-state index contributed by atoms with van der Waals surface area (Å²) >= 11 is 0. The first-order valence-electron chi connectivity index (χ1n) is 12.4. The van der Waals surface area contributed by atoms with Gasteiger partial charge in [-0.1, -0.05) is 33.8 Å². The molecule has 0 aliphatic heterocycles. The summed E-state index contributed by atoms with van der Waals surface area (Å²) in [6.45, 7) is 9.77. The molecule has 3 aliphatic carbocycles. The molecule has 0 aromatic heterocycles. The summed E-state index contributed by atoms with van der Waals surface area (Å²) in [5.41, 5.74) is 3.63. The molecule has 0 heterocycles. The summed E-state index contributed by atoms with van der Waals surface area (Å²) in [7, 11) is 0. The van der Waals surface area contributed by atoms with Crippen LogP contribution in [0.25, 0.3) is 5.76 Å². The van der Waals surface area contributed by atoms with E-state index in [1.165, 1.54) is 6.07 Å². The van der Waals surface area contributed by atoms with Crippen molar-refractivity contribution in [2.24, 2.45) is 29.4 Å². The van der Waals surface area contributed by atoms with Crippen molar-refractivity contribution < 1.29 is 34.8 Å². The van der Waals surface area contributed by atoms with Gasteiger partial charge in [-0.2, -0.15) is 0 Å². The summed E-state index contributed by atoms with van der Waals surface area (Å²) in [6, 6.07) is 3.27. The van der Waals surface area contributed by atoms with Crippen molar-refractivity contribution in [3.8, 4) is 5.75 Å². The highest BCUT2D eigenvalue weighted by atomic mass is 16.3. The summed E-state index contributed by atoms with van der Waals surface area (Å²) in [6.07, 6.45) is 0.427. The van der Waals surface area contributed by atoms with Gasteiger partial charge in [-0.05, 0) is 55.0 Å². The molecule has 4 rings (SSSR count). The van der Waals surface area contributed by atoms with Gasteiger partial charge in [0.25, 0.3) is 5.91 Å². The van der Waals surface area contributed by atoms with Gasteiger partial charge in [-0.3, -0.25) is 19.3 Å². The molecule has 1 fully saturated rings. The monoisotopic (exact) mass is 498 g/mol. The predicted molar refractivity (Wildman–Crippen MR) is 132 cm³/mol. The zero-order valence-electron chi connectivity index (χ0n) is 21.0. The Hall–Kier alpha value is -3.17. The molecule has 9 nitrogen and oxygen atoms in total. The van der Waals surface area contributed by atoms with E-state index in [0.29, 0.717) is 18.5 Å². The van der Waals surface area contributed by atoms with Crippen LogP contribution in [0.5, 0.6) is 5.75 Å². The molecule has 36 heavy (non-hydrogen) atoms. The minimum Gasteiger partial charge on any atom is -0.508 e. The number of hydrogen-bond acceptors (Lipinski definition) is 8. The van der Waals surface area contributed by atoms with Crippen molar-refractivity contribution in [3.63, 3.8) is 0 Å². The van der Waals surface area contributed by atoms with Crippen LogP contribution in [0.3, 0.4) is 0 Å². The Morgan fingerprint density at radius 3 is 2.36 bits per heavy atom. The first-order chi connectivity index (χ1) is 16.9. The molecule has 2 unspecified atom stereocenters. The SMILES string of the molecule is CCN(CC)Cc1ccc(O)c2c1CC1CC3[C@@H](C(C)C)C(=O)C(C(N)=O)=C(O)[C@@]3(O)C(=O)C1=C2O. The van der Waals surface area contributed by atoms with E-state index in [1.54, 1.807) is 19.9 Å². The van der Waals surface area contributed by atoms with Gasteiger partial charge in [0.05, 0.1) is 5.56 Å². The van der Waals surface area contributed by atoms with E-state index in [1.807, 2.05) is 13.8 Å². The molecule has 6 N–H and O–H groups in total. The topological polar surface area (TPSA) is 161 Å². The molecule has 0 saturated heterocycles. The smallest absolute Gasteiger partial charge is 0.255 e. The molecule has 194 valence electrons. The number of primary amides is 1. The molecule has 1 aromatic carbocycles. The molecule has 3 aliphatic rings. The van der Waals surface area contributed by atoms with Crippen molar-refractivity contribution >= 4 is 23.2 Å². The minimum absolute atomic E-state index is 0.117. The average Bonchev–Trinajstić information content (AvgIpc) is 2.80. The molecule has 1 aromatic rings. The third kappa shape index (κ3) is 3.56. The molecule has 0 bridgehead atoms. The number of rotatable bonds is 6. The number of fused-ring (bicyclic) bond motifs is 3. The maximum atomic E-state index is 13.8. The minimum atomic E-state index is -2.58. The van der Waals surface area contributed by atoms with Crippen LogP contribution in [-0.2, 0) is 27.3 Å². The quantitative estimate of drug-likeness (QED) is 0.373. The van der Waals surface area contributed by atoms with E-state index in [2.05, 4.69) is 4.90 Å². The van der Waals surface area contributed by atoms with E-state index in [-0.39, 0.29) is 29.2 Å². The zero-order chi connectivity index (χ0) is 26.7. The molecule has 9 heteroatoms. The Labute approximate surface area is 209 Å². The molecular weight excluding hydrogens is 464 g/mol. The van der Waals surface area contributed by atoms with Gasteiger partial charge in [0.1, 0.15) is 22.8 Å². The van der Waals surface area contributed by atoms with E-state index in [0.717, 1.165) is 18.7 Å². The third-order valence-electron chi connectivity index (χ3n) is 8.24. The lowest BCUT2D eigenvalue weighted by Gasteiger charge is -2.50. The number of aliphatic hydroxyl groups is 3. The van der Waals surface area contributed by atoms with Crippen LogP contribution < -0.4 is 5.73 Å². The highest BCUT2D eigenvalue weighted by Crippen LogP contribution is 2.54. The van der Waals surface area contributed by atoms with Gasteiger partial charge in [0.2, 0.25) is 5.78 Å². The van der Waals surface area contributed by atoms with Crippen LogP contribution in [0.15, 0.2) is 29.0 Å². The Morgan fingerprint density at radius 1 is 1.17 bits per heavy atom. The summed E-state index contributed by atoms with van der Waals surface area (Å²) < 4.78 is 0. The van der Waals surface area contributed by atoms with Crippen LogP contribution in [0.2, 0.25) is 0 Å². The second-order valence-corrected chi connectivity index (χ2v) is 10.4. The van der Waals surface area contributed by atoms with Crippen LogP contribution in [0.4, 0.5) is 0 Å². The number of ketones is 2. The maximum absolute atomic E-state index is 13.8. The Balaban J connectivity index is 1.92. The number of aromatic hydroxyl groups is 1. The summed E-state index contributed by atoms with van der Waals surface area (Å²) in [4.78, 5) is 41.3. The van der Waals surface area contributed by atoms with Crippen molar-refractivity contribution in [1.82, 2.24) is 4.90 Å². The number of carbonyl (C=O) groups is 3.